The normalized spacial score (nSPS) is 16.4. The second-order valence-electron chi connectivity index (χ2n) is 4.16. The Morgan fingerprint density at radius 3 is 3.20 bits per heavy atom. The zero-order valence-corrected chi connectivity index (χ0v) is 10.4. The van der Waals surface area contributed by atoms with Crippen LogP contribution in [-0.2, 0) is 13.0 Å². The van der Waals surface area contributed by atoms with E-state index < -0.39 is 0 Å². The molecule has 1 N–H and O–H groups in total. The fraction of sp³-hybridized carbons (Fsp3) is 0.727. The molecule has 0 aliphatic carbocycles. The summed E-state index contributed by atoms with van der Waals surface area (Å²) in [5.74, 6) is 0. The lowest BCUT2D eigenvalue weighted by atomic mass is 10.2. The summed E-state index contributed by atoms with van der Waals surface area (Å²) in [6.07, 6.45) is 3.57. The van der Waals surface area contributed by atoms with E-state index in [1.165, 1.54) is 23.4 Å². The van der Waals surface area contributed by atoms with Gasteiger partial charge in [0.15, 0.2) is 5.13 Å². The van der Waals surface area contributed by atoms with E-state index in [-0.39, 0.29) is 0 Å². The van der Waals surface area contributed by atoms with Crippen molar-refractivity contribution in [1.29, 1.82) is 0 Å². The van der Waals surface area contributed by atoms with Crippen LogP contribution in [0.3, 0.4) is 0 Å². The van der Waals surface area contributed by atoms with Crippen LogP contribution in [0.25, 0.3) is 0 Å². The zero-order chi connectivity index (χ0) is 10.7. The van der Waals surface area contributed by atoms with Crippen molar-refractivity contribution < 1.29 is 0 Å². The van der Waals surface area contributed by atoms with E-state index in [0.717, 1.165) is 31.2 Å². The van der Waals surface area contributed by atoms with Gasteiger partial charge in [0.1, 0.15) is 0 Å². The number of nitrogens with zero attached hydrogens (tertiary/aromatic N) is 2. The molecule has 0 unspecified atom stereocenters. The molecule has 1 aromatic rings. The molecule has 3 nitrogen and oxygen atoms in total. The average molecular weight is 225 g/mol. The fourth-order valence-electron chi connectivity index (χ4n) is 1.77. The van der Waals surface area contributed by atoms with Crippen molar-refractivity contribution >= 4 is 16.5 Å². The smallest absolute Gasteiger partial charge is 0.183 e. The Morgan fingerprint density at radius 1 is 1.53 bits per heavy atom. The van der Waals surface area contributed by atoms with Crippen molar-refractivity contribution in [3.8, 4) is 0 Å². The molecule has 0 saturated carbocycles. The maximum absolute atomic E-state index is 4.64. The summed E-state index contributed by atoms with van der Waals surface area (Å²) in [7, 11) is 2.17. The van der Waals surface area contributed by atoms with Gasteiger partial charge in [-0.15, -0.1) is 11.3 Å². The van der Waals surface area contributed by atoms with E-state index in [1.54, 1.807) is 0 Å². The van der Waals surface area contributed by atoms with E-state index in [1.807, 2.05) is 11.3 Å². The molecule has 0 aromatic carbocycles. The molecule has 0 amide bonds. The molecule has 0 radical (unpaired) electrons. The summed E-state index contributed by atoms with van der Waals surface area (Å²) >= 11 is 1.83. The molecule has 2 rings (SSSR count). The minimum absolute atomic E-state index is 1.05. The first kappa shape index (κ1) is 10.9. The van der Waals surface area contributed by atoms with E-state index in [0.29, 0.717) is 0 Å². The molecular formula is C11H19N3S. The zero-order valence-electron chi connectivity index (χ0n) is 9.55. The van der Waals surface area contributed by atoms with E-state index in [9.17, 15) is 0 Å². The first-order chi connectivity index (χ1) is 7.29. The van der Waals surface area contributed by atoms with Gasteiger partial charge in [-0.2, -0.15) is 0 Å². The molecule has 15 heavy (non-hydrogen) atoms. The SMILES string of the molecule is CCCCNc1nc2c(s1)CN(C)CC2. The van der Waals surface area contributed by atoms with Crippen molar-refractivity contribution in [2.45, 2.75) is 32.7 Å². The number of thiazole rings is 1. The molecule has 4 heteroatoms. The molecule has 1 aliphatic heterocycles. The maximum Gasteiger partial charge on any atom is 0.183 e. The highest BCUT2D eigenvalue weighted by molar-refractivity contribution is 7.15. The minimum Gasteiger partial charge on any atom is -0.362 e. The highest BCUT2D eigenvalue weighted by Crippen LogP contribution is 2.27. The van der Waals surface area contributed by atoms with Crippen LogP contribution in [0, 0.1) is 0 Å². The Hall–Kier alpha value is -0.610. The van der Waals surface area contributed by atoms with Gasteiger partial charge in [-0.25, -0.2) is 4.98 Å². The second kappa shape index (κ2) is 4.94. The van der Waals surface area contributed by atoms with Crippen LogP contribution in [0.1, 0.15) is 30.3 Å². The van der Waals surface area contributed by atoms with Crippen LogP contribution in [0.5, 0.6) is 0 Å². The van der Waals surface area contributed by atoms with Crippen molar-refractivity contribution in [3.63, 3.8) is 0 Å². The lowest BCUT2D eigenvalue weighted by molar-refractivity contribution is 0.314. The third-order valence-electron chi connectivity index (χ3n) is 2.73. The number of aromatic nitrogens is 1. The largest absolute Gasteiger partial charge is 0.362 e. The number of unbranched alkanes of at least 4 members (excludes halogenated alkanes) is 1. The lowest BCUT2D eigenvalue weighted by Crippen LogP contribution is -2.25. The Bertz CT molecular complexity index is 322. The number of nitrogens with one attached hydrogen (secondary N) is 1. The standard InChI is InChI=1S/C11H19N3S/c1-3-4-6-12-11-13-9-5-7-14(2)8-10(9)15-11/h3-8H2,1-2H3,(H,12,13). The topological polar surface area (TPSA) is 28.2 Å². The Balaban J connectivity index is 1.96. The Labute approximate surface area is 95.5 Å². The summed E-state index contributed by atoms with van der Waals surface area (Å²) in [6.45, 7) is 5.48. The van der Waals surface area contributed by atoms with Crippen molar-refractivity contribution in [2.24, 2.45) is 0 Å². The number of hydrogen-bond donors (Lipinski definition) is 1. The third kappa shape index (κ3) is 2.69. The van der Waals surface area contributed by atoms with Crippen LogP contribution in [0.4, 0.5) is 5.13 Å². The highest BCUT2D eigenvalue weighted by atomic mass is 32.1. The number of hydrogen-bond acceptors (Lipinski definition) is 4. The molecule has 1 aromatic heterocycles. The number of rotatable bonds is 4. The van der Waals surface area contributed by atoms with E-state index in [4.69, 9.17) is 0 Å². The maximum atomic E-state index is 4.64. The molecular weight excluding hydrogens is 206 g/mol. The molecule has 0 bridgehead atoms. The van der Waals surface area contributed by atoms with Gasteiger partial charge in [0.2, 0.25) is 0 Å². The van der Waals surface area contributed by atoms with Gasteiger partial charge in [0.05, 0.1) is 5.69 Å². The van der Waals surface area contributed by atoms with Gasteiger partial charge < -0.3 is 10.2 Å². The summed E-state index contributed by atoms with van der Waals surface area (Å²) < 4.78 is 0. The predicted octanol–water partition coefficient (Wildman–Crippen LogP) is 2.34. The van der Waals surface area contributed by atoms with Crippen LogP contribution in [0.15, 0.2) is 0 Å². The summed E-state index contributed by atoms with van der Waals surface area (Å²) in [4.78, 5) is 8.44. The monoisotopic (exact) mass is 225 g/mol. The third-order valence-corrected chi connectivity index (χ3v) is 3.77. The van der Waals surface area contributed by atoms with E-state index in [2.05, 4.69) is 29.2 Å². The first-order valence-corrected chi connectivity index (χ1v) is 6.52. The van der Waals surface area contributed by atoms with Gasteiger partial charge in [0.25, 0.3) is 0 Å². The van der Waals surface area contributed by atoms with Crippen LogP contribution in [0.2, 0.25) is 0 Å². The predicted molar refractivity (Wildman–Crippen MR) is 65.5 cm³/mol. The highest BCUT2D eigenvalue weighted by Gasteiger charge is 2.17. The molecule has 0 fully saturated rings. The number of anilines is 1. The van der Waals surface area contributed by atoms with E-state index >= 15 is 0 Å². The number of fused-ring (bicyclic) bond motifs is 1. The van der Waals surface area contributed by atoms with Gasteiger partial charge in [-0.05, 0) is 13.5 Å². The lowest BCUT2D eigenvalue weighted by Gasteiger charge is -2.20. The molecule has 0 spiro atoms. The Morgan fingerprint density at radius 2 is 2.40 bits per heavy atom. The van der Waals surface area contributed by atoms with Crippen molar-refractivity contribution in [2.75, 3.05) is 25.5 Å². The van der Waals surface area contributed by atoms with Crippen LogP contribution < -0.4 is 5.32 Å². The van der Waals surface area contributed by atoms with Gasteiger partial charge in [0, 0.05) is 30.9 Å². The number of likely N-dealkylation sites (N-methyl/N-ethyl adjacent to an activating group) is 1. The van der Waals surface area contributed by atoms with Crippen LogP contribution >= 0.6 is 11.3 Å². The minimum atomic E-state index is 1.05. The molecule has 1 aliphatic rings. The molecule has 2 heterocycles. The van der Waals surface area contributed by atoms with Gasteiger partial charge in [-0.3, -0.25) is 0 Å². The first-order valence-electron chi connectivity index (χ1n) is 5.70. The average Bonchev–Trinajstić information content (AvgIpc) is 2.60. The fourth-order valence-corrected chi connectivity index (χ4v) is 2.88. The molecule has 0 atom stereocenters. The van der Waals surface area contributed by atoms with Crippen molar-refractivity contribution in [1.82, 2.24) is 9.88 Å². The van der Waals surface area contributed by atoms with Crippen LogP contribution in [-0.4, -0.2) is 30.0 Å². The molecule has 84 valence electrons. The summed E-state index contributed by atoms with van der Waals surface area (Å²) in [5, 5.41) is 4.52. The summed E-state index contributed by atoms with van der Waals surface area (Å²) in [6, 6.07) is 0. The van der Waals surface area contributed by atoms with Crippen molar-refractivity contribution in [3.05, 3.63) is 10.6 Å². The summed E-state index contributed by atoms with van der Waals surface area (Å²) in [5.41, 5.74) is 1.32. The Kier molecular flexibility index (Phi) is 3.59. The molecule has 0 saturated heterocycles. The van der Waals surface area contributed by atoms with Gasteiger partial charge >= 0.3 is 0 Å². The second-order valence-corrected chi connectivity index (χ2v) is 5.24. The van der Waals surface area contributed by atoms with Gasteiger partial charge in [-0.1, -0.05) is 13.3 Å². The quantitative estimate of drug-likeness (QED) is 0.797.